The molecule has 2 N–H and O–H groups in total. The number of aliphatic hydroxyl groups is 1. The number of amides is 1. The van der Waals surface area contributed by atoms with Gasteiger partial charge in [0.15, 0.2) is 0 Å². The fourth-order valence-electron chi connectivity index (χ4n) is 1.78. The molecule has 98 valence electrons. The van der Waals surface area contributed by atoms with E-state index in [1.165, 1.54) is 0 Å². The predicted octanol–water partition coefficient (Wildman–Crippen LogP) is 3.01. The Morgan fingerprint density at radius 1 is 1.11 bits per heavy atom. The van der Waals surface area contributed by atoms with Crippen LogP contribution in [0.3, 0.4) is 0 Å². The topological polar surface area (TPSA) is 49.3 Å². The van der Waals surface area contributed by atoms with Crippen LogP contribution in [-0.2, 0) is 17.8 Å². The highest BCUT2D eigenvalue weighted by atomic mass is 35.5. The van der Waals surface area contributed by atoms with Gasteiger partial charge in [0.1, 0.15) is 0 Å². The summed E-state index contributed by atoms with van der Waals surface area (Å²) < 4.78 is 0. The van der Waals surface area contributed by atoms with E-state index in [1.807, 2.05) is 12.1 Å². The molecule has 0 bridgehead atoms. The molecule has 19 heavy (non-hydrogen) atoms. The van der Waals surface area contributed by atoms with Crippen molar-refractivity contribution in [3.63, 3.8) is 0 Å². The van der Waals surface area contributed by atoms with Gasteiger partial charge in [-0.2, -0.15) is 0 Å². The van der Waals surface area contributed by atoms with Crippen LogP contribution in [0.2, 0.25) is 5.02 Å². The summed E-state index contributed by atoms with van der Waals surface area (Å²) in [6, 6.07) is 14.3. The SMILES string of the molecule is O=C(Cc1cccc(Cl)c1)Nc1cccc(CO)c1. The van der Waals surface area contributed by atoms with Gasteiger partial charge in [0.2, 0.25) is 5.91 Å². The monoisotopic (exact) mass is 275 g/mol. The van der Waals surface area contributed by atoms with E-state index in [1.54, 1.807) is 36.4 Å². The van der Waals surface area contributed by atoms with Crippen molar-refractivity contribution in [1.82, 2.24) is 0 Å². The Balaban J connectivity index is 2.01. The van der Waals surface area contributed by atoms with Crippen molar-refractivity contribution in [2.24, 2.45) is 0 Å². The van der Waals surface area contributed by atoms with E-state index in [-0.39, 0.29) is 18.9 Å². The quantitative estimate of drug-likeness (QED) is 0.901. The molecule has 0 aliphatic rings. The van der Waals surface area contributed by atoms with Crippen LogP contribution in [0.15, 0.2) is 48.5 Å². The van der Waals surface area contributed by atoms with Gasteiger partial charge in [-0.3, -0.25) is 4.79 Å². The van der Waals surface area contributed by atoms with Crippen LogP contribution in [0.5, 0.6) is 0 Å². The largest absolute Gasteiger partial charge is 0.392 e. The lowest BCUT2D eigenvalue weighted by atomic mass is 10.1. The van der Waals surface area contributed by atoms with Gasteiger partial charge in [0.05, 0.1) is 13.0 Å². The molecule has 4 heteroatoms. The number of carbonyl (C=O) groups is 1. The minimum atomic E-state index is -0.114. The summed E-state index contributed by atoms with van der Waals surface area (Å²) >= 11 is 5.87. The molecule has 2 rings (SSSR count). The summed E-state index contributed by atoms with van der Waals surface area (Å²) in [5.41, 5.74) is 2.31. The van der Waals surface area contributed by atoms with Crippen LogP contribution in [-0.4, -0.2) is 11.0 Å². The lowest BCUT2D eigenvalue weighted by Gasteiger charge is -2.07. The number of aliphatic hydroxyl groups excluding tert-OH is 1. The molecule has 0 saturated carbocycles. The molecule has 2 aromatic rings. The summed E-state index contributed by atoms with van der Waals surface area (Å²) in [6.45, 7) is -0.0436. The minimum absolute atomic E-state index is 0.0436. The molecule has 0 aliphatic carbocycles. The highest BCUT2D eigenvalue weighted by molar-refractivity contribution is 6.30. The van der Waals surface area contributed by atoms with Gasteiger partial charge < -0.3 is 10.4 Å². The minimum Gasteiger partial charge on any atom is -0.392 e. The van der Waals surface area contributed by atoms with Crippen molar-refractivity contribution in [2.45, 2.75) is 13.0 Å². The van der Waals surface area contributed by atoms with Gasteiger partial charge in [-0.25, -0.2) is 0 Å². The van der Waals surface area contributed by atoms with Crippen LogP contribution in [0, 0.1) is 0 Å². The summed E-state index contributed by atoms with van der Waals surface area (Å²) in [7, 11) is 0. The molecule has 0 atom stereocenters. The van der Waals surface area contributed by atoms with E-state index in [0.29, 0.717) is 10.7 Å². The first kappa shape index (κ1) is 13.6. The Kier molecular flexibility index (Phi) is 4.55. The number of hydrogen-bond donors (Lipinski definition) is 2. The maximum Gasteiger partial charge on any atom is 0.228 e. The molecule has 1 amide bonds. The highest BCUT2D eigenvalue weighted by Crippen LogP contribution is 2.13. The van der Waals surface area contributed by atoms with E-state index in [4.69, 9.17) is 16.7 Å². The molecule has 0 unspecified atom stereocenters. The molecule has 0 spiro atoms. The van der Waals surface area contributed by atoms with Gasteiger partial charge >= 0.3 is 0 Å². The molecule has 0 aliphatic heterocycles. The molecule has 3 nitrogen and oxygen atoms in total. The smallest absolute Gasteiger partial charge is 0.228 e. The first-order valence-corrected chi connectivity index (χ1v) is 6.29. The fourth-order valence-corrected chi connectivity index (χ4v) is 2.00. The predicted molar refractivity (Wildman–Crippen MR) is 76.2 cm³/mol. The third-order valence-electron chi connectivity index (χ3n) is 2.65. The number of rotatable bonds is 4. The molecular formula is C15H14ClNO2. The zero-order valence-electron chi connectivity index (χ0n) is 10.3. The van der Waals surface area contributed by atoms with E-state index in [9.17, 15) is 4.79 Å². The first-order chi connectivity index (χ1) is 9.17. The summed E-state index contributed by atoms with van der Waals surface area (Å²) in [4.78, 5) is 11.9. The number of benzene rings is 2. The van der Waals surface area contributed by atoms with Gasteiger partial charge in [-0.15, -0.1) is 0 Å². The second kappa shape index (κ2) is 6.36. The molecular weight excluding hydrogens is 262 g/mol. The number of halogens is 1. The number of carbonyl (C=O) groups excluding carboxylic acids is 1. The molecule has 0 aromatic heterocycles. The Morgan fingerprint density at radius 3 is 2.58 bits per heavy atom. The maximum absolute atomic E-state index is 11.9. The normalized spacial score (nSPS) is 10.2. The third kappa shape index (κ3) is 4.09. The number of anilines is 1. The Labute approximate surface area is 116 Å². The Morgan fingerprint density at radius 2 is 1.84 bits per heavy atom. The van der Waals surface area contributed by atoms with Crippen molar-refractivity contribution in [3.05, 3.63) is 64.7 Å². The van der Waals surface area contributed by atoms with Crippen LogP contribution in [0.1, 0.15) is 11.1 Å². The molecule has 0 fully saturated rings. The Bertz CT molecular complexity index is 584. The first-order valence-electron chi connectivity index (χ1n) is 5.91. The van der Waals surface area contributed by atoms with Crippen LogP contribution in [0.25, 0.3) is 0 Å². The zero-order valence-corrected chi connectivity index (χ0v) is 11.0. The van der Waals surface area contributed by atoms with Crippen molar-refractivity contribution >= 4 is 23.2 Å². The molecule has 0 heterocycles. The second-order valence-electron chi connectivity index (χ2n) is 4.21. The lowest BCUT2D eigenvalue weighted by Crippen LogP contribution is -2.14. The summed E-state index contributed by atoms with van der Waals surface area (Å²) in [5.74, 6) is -0.114. The van der Waals surface area contributed by atoms with E-state index in [2.05, 4.69) is 5.32 Å². The van der Waals surface area contributed by atoms with E-state index < -0.39 is 0 Å². The fraction of sp³-hybridized carbons (Fsp3) is 0.133. The van der Waals surface area contributed by atoms with E-state index >= 15 is 0 Å². The van der Waals surface area contributed by atoms with Gasteiger partial charge in [-0.1, -0.05) is 35.9 Å². The molecule has 0 saturated heterocycles. The zero-order chi connectivity index (χ0) is 13.7. The average Bonchev–Trinajstić information content (AvgIpc) is 2.38. The molecule has 2 aromatic carbocycles. The van der Waals surface area contributed by atoms with Crippen molar-refractivity contribution < 1.29 is 9.90 Å². The second-order valence-corrected chi connectivity index (χ2v) is 4.65. The third-order valence-corrected chi connectivity index (χ3v) is 2.88. The van der Waals surface area contributed by atoms with Crippen LogP contribution in [0.4, 0.5) is 5.69 Å². The average molecular weight is 276 g/mol. The van der Waals surface area contributed by atoms with Crippen LogP contribution < -0.4 is 5.32 Å². The van der Waals surface area contributed by atoms with Crippen molar-refractivity contribution in [1.29, 1.82) is 0 Å². The van der Waals surface area contributed by atoms with Crippen LogP contribution >= 0.6 is 11.6 Å². The highest BCUT2D eigenvalue weighted by Gasteiger charge is 2.05. The molecule has 0 radical (unpaired) electrons. The standard InChI is InChI=1S/C15H14ClNO2/c16-13-5-1-3-11(7-13)9-15(19)17-14-6-2-4-12(8-14)10-18/h1-8,18H,9-10H2,(H,17,19). The van der Waals surface area contributed by atoms with E-state index in [0.717, 1.165) is 11.1 Å². The number of nitrogens with one attached hydrogen (secondary N) is 1. The number of hydrogen-bond acceptors (Lipinski definition) is 2. The van der Waals surface area contributed by atoms with Gasteiger partial charge in [-0.05, 0) is 35.4 Å². The Hall–Kier alpha value is -1.84. The van der Waals surface area contributed by atoms with Gasteiger partial charge in [0.25, 0.3) is 0 Å². The summed E-state index contributed by atoms with van der Waals surface area (Å²) in [6.07, 6.45) is 0.268. The summed E-state index contributed by atoms with van der Waals surface area (Å²) in [5, 5.41) is 12.4. The lowest BCUT2D eigenvalue weighted by molar-refractivity contribution is -0.115. The van der Waals surface area contributed by atoms with Crippen molar-refractivity contribution in [3.8, 4) is 0 Å². The van der Waals surface area contributed by atoms with Gasteiger partial charge in [0, 0.05) is 10.7 Å². The maximum atomic E-state index is 11.9. The van der Waals surface area contributed by atoms with Crippen molar-refractivity contribution in [2.75, 3.05) is 5.32 Å².